The third kappa shape index (κ3) is 5.87. The second-order valence-electron chi connectivity index (χ2n) is 7.09. The number of hydrogen-bond donors (Lipinski definition) is 2. The summed E-state index contributed by atoms with van der Waals surface area (Å²) < 4.78 is 16.4. The molecule has 1 aliphatic rings. The zero-order chi connectivity index (χ0) is 21.2. The highest BCUT2D eigenvalue weighted by molar-refractivity contribution is 5.79. The fourth-order valence-corrected chi connectivity index (χ4v) is 3.56. The van der Waals surface area contributed by atoms with Gasteiger partial charge in [0.1, 0.15) is 0 Å². The Kier molecular flexibility index (Phi) is 8.35. The van der Waals surface area contributed by atoms with Crippen molar-refractivity contribution < 1.29 is 14.2 Å². The van der Waals surface area contributed by atoms with Gasteiger partial charge in [-0.05, 0) is 17.2 Å². The molecule has 1 aliphatic heterocycles. The lowest BCUT2D eigenvalue weighted by molar-refractivity contribution is 0.0341. The van der Waals surface area contributed by atoms with E-state index in [9.17, 15) is 0 Å². The number of hydrogen-bond acceptors (Lipinski definition) is 5. The fraction of sp³-hybridized carbons (Fsp3) is 0.435. The van der Waals surface area contributed by atoms with Crippen molar-refractivity contribution in [3.63, 3.8) is 0 Å². The summed E-state index contributed by atoms with van der Waals surface area (Å²) in [4.78, 5) is 6.79. The Labute approximate surface area is 179 Å². The summed E-state index contributed by atoms with van der Waals surface area (Å²) in [6.45, 7) is 5.80. The minimum absolute atomic E-state index is 0.579. The van der Waals surface area contributed by atoms with Gasteiger partial charge in [-0.25, -0.2) is 0 Å². The Morgan fingerprint density at radius 1 is 0.933 bits per heavy atom. The molecule has 0 radical (unpaired) electrons. The van der Waals surface area contributed by atoms with Gasteiger partial charge in [-0.1, -0.05) is 36.4 Å². The smallest absolute Gasteiger partial charge is 0.191 e. The van der Waals surface area contributed by atoms with Crippen LogP contribution in [0.1, 0.15) is 16.7 Å². The van der Waals surface area contributed by atoms with Gasteiger partial charge in [0, 0.05) is 45.3 Å². The number of methoxy groups -OCH3 is 2. The van der Waals surface area contributed by atoms with Crippen LogP contribution in [0.15, 0.2) is 47.5 Å². The van der Waals surface area contributed by atoms with Crippen molar-refractivity contribution in [2.75, 3.05) is 47.6 Å². The summed E-state index contributed by atoms with van der Waals surface area (Å²) in [6.07, 6.45) is 0. The summed E-state index contributed by atoms with van der Waals surface area (Å²) in [5.74, 6) is 2.19. The van der Waals surface area contributed by atoms with Crippen LogP contribution >= 0.6 is 0 Å². The third-order valence-electron chi connectivity index (χ3n) is 5.22. The molecular formula is C23H32N4O3. The average Bonchev–Trinajstić information content (AvgIpc) is 2.80. The van der Waals surface area contributed by atoms with Crippen molar-refractivity contribution in [1.82, 2.24) is 15.5 Å². The Balaban J connectivity index is 1.59. The van der Waals surface area contributed by atoms with Crippen LogP contribution in [0.2, 0.25) is 0 Å². The van der Waals surface area contributed by atoms with Gasteiger partial charge in [-0.3, -0.25) is 9.89 Å². The van der Waals surface area contributed by atoms with E-state index >= 15 is 0 Å². The molecule has 7 heteroatoms. The first-order valence-electron chi connectivity index (χ1n) is 10.3. The predicted molar refractivity (Wildman–Crippen MR) is 119 cm³/mol. The van der Waals surface area contributed by atoms with Crippen LogP contribution in [0, 0.1) is 0 Å². The van der Waals surface area contributed by atoms with Crippen molar-refractivity contribution in [3.8, 4) is 11.5 Å². The van der Waals surface area contributed by atoms with E-state index in [1.54, 1.807) is 21.3 Å². The molecule has 0 aliphatic carbocycles. The Morgan fingerprint density at radius 2 is 1.60 bits per heavy atom. The molecule has 162 valence electrons. The van der Waals surface area contributed by atoms with Gasteiger partial charge in [0.05, 0.1) is 27.4 Å². The van der Waals surface area contributed by atoms with Crippen LogP contribution in [0.3, 0.4) is 0 Å². The molecule has 2 N–H and O–H groups in total. The number of morpholine rings is 1. The molecule has 0 bridgehead atoms. The van der Waals surface area contributed by atoms with Gasteiger partial charge >= 0.3 is 0 Å². The first kappa shape index (κ1) is 21.9. The van der Waals surface area contributed by atoms with Crippen LogP contribution in [0.4, 0.5) is 0 Å². The van der Waals surface area contributed by atoms with Crippen molar-refractivity contribution >= 4 is 5.96 Å². The van der Waals surface area contributed by atoms with Crippen molar-refractivity contribution in [2.24, 2.45) is 4.99 Å². The zero-order valence-electron chi connectivity index (χ0n) is 18.1. The number of nitrogens with one attached hydrogen (secondary N) is 2. The maximum Gasteiger partial charge on any atom is 0.191 e. The molecule has 0 aromatic heterocycles. The van der Waals surface area contributed by atoms with Gasteiger partial charge in [0.15, 0.2) is 17.5 Å². The topological polar surface area (TPSA) is 67.4 Å². The van der Waals surface area contributed by atoms with E-state index < -0.39 is 0 Å². The zero-order valence-corrected chi connectivity index (χ0v) is 18.1. The summed E-state index contributed by atoms with van der Waals surface area (Å²) in [5, 5.41) is 6.78. The highest BCUT2D eigenvalue weighted by Crippen LogP contribution is 2.30. The minimum Gasteiger partial charge on any atom is -0.493 e. The number of guanidine groups is 1. The fourth-order valence-electron chi connectivity index (χ4n) is 3.56. The molecule has 1 heterocycles. The van der Waals surface area contributed by atoms with Crippen molar-refractivity contribution in [1.29, 1.82) is 0 Å². The third-order valence-corrected chi connectivity index (χ3v) is 5.22. The first-order valence-corrected chi connectivity index (χ1v) is 10.3. The van der Waals surface area contributed by atoms with Gasteiger partial charge in [-0.15, -0.1) is 0 Å². The average molecular weight is 413 g/mol. The van der Waals surface area contributed by atoms with E-state index in [2.05, 4.69) is 44.8 Å². The Hall–Kier alpha value is -2.77. The highest BCUT2D eigenvalue weighted by Gasteiger charge is 2.13. The van der Waals surface area contributed by atoms with Gasteiger partial charge < -0.3 is 24.8 Å². The summed E-state index contributed by atoms with van der Waals surface area (Å²) in [6, 6.07) is 14.4. The molecule has 3 rings (SSSR count). The second-order valence-corrected chi connectivity index (χ2v) is 7.09. The SMILES string of the molecule is CN=C(NCc1ccccc1CN1CCOCC1)NCc1cccc(OC)c1OC. The van der Waals surface area contributed by atoms with E-state index in [0.717, 1.165) is 55.9 Å². The predicted octanol–water partition coefficient (Wildman–Crippen LogP) is 2.40. The largest absolute Gasteiger partial charge is 0.493 e. The minimum atomic E-state index is 0.579. The van der Waals surface area contributed by atoms with Crippen LogP contribution in [0.25, 0.3) is 0 Å². The number of aliphatic imine (C=N–C) groups is 1. The quantitative estimate of drug-likeness (QED) is 0.513. The van der Waals surface area contributed by atoms with Crippen LogP contribution in [-0.4, -0.2) is 58.4 Å². The molecule has 30 heavy (non-hydrogen) atoms. The molecular weight excluding hydrogens is 380 g/mol. The lowest BCUT2D eigenvalue weighted by Crippen LogP contribution is -2.37. The lowest BCUT2D eigenvalue weighted by atomic mass is 10.1. The number of nitrogens with zero attached hydrogens (tertiary/aromatic N) is 2. The van der Waals surface area contributed by atoms with E-state index in [1.165, 1.54) is 11.1 Å². The molecule has 2 aromatic carbocycles. The van der Waals surface area contributed by atoms with E-state index in [0.29, 0.717) is 13.1 Å². The maximum atomic E-state index is 5.51. The van der Waals surface area contributed by atoms with Gasteiger partial charge in [0.2, 0.25) is 0 Å². The number of benzene rings is 2. The van der Waals surface area contributed by atoms with E-state index in [4.69, 9.17) is 14.2 Å². The molecule has 0 saturated carbocycles. The number of rotatable bonds is 8. The van der Waals surface area contributed by atoms with Crippen LogP contribution < -0.4 is 20.1 Å². The standard InChI is InChI=1S/C23H32N4O3/c1-24-23(26-16-19-9-6-10-21(28-2)22(19)29-3)25-15-18-7-4-5-8-20(18)17-27-11-13-30-14-12-27/h4-10H,11-17H2,1-3H3,(H2,24,25,26). The van der Waals surface area contributed by atoms with Crippen molar-refractivity contribution in [3.05, 3.63) is 59.2 Å². The summed E-state index contributed by atoms with van der Waals surface area (Å²) in [7, 11) is 5.07. The molecule has 2 aromatic rings. The molecule has 7 nitrogen and oxygen atoms in total. The van der Waals surface area contributed by atoms with Gasteiger partial charge in [0.25, 0.3) is 0 Å². The van der Waals surface area contributed by atoms with E-state index in [1.807, 2.05) is 18.2 Å². The molecule has 1 saturated heterocycles. The second kappa shape index (κ2) is 11.4. The molecule has 0 unspecified atom stereocenters. The normalized spacial score (nSPS) is 15.0. The summed E-state index contributed by atoms with van der Waals surface area (Å²) in [5.41, 5.74) is 3.61. The first-order chi connectivity index (χ1) is 14.7. The Bertz CT molecular complexity index is 835. The molecule has 0 amide bonds. The Morgan fingerprint density at radius 3 is 2.27 bits per heavy atom. The van der Waals surface area contributed by atoms with Gasteiger partial charge in [-0.2, -0.15) is 0 Å². The lowest BCUT2D eigenvalue weighted by Gasteiger charge is -2.27. The van der Waals surface area contributed by atoms with Crippen molar-refractivity contribution in [2.45, 2.75) is 19.6 Å². The maximum absolute atomic E-state index is 5.51. The van der Waals surface area contributed by atoms with Crippen LogP contribution in [0.5, 0.6) is 11.5 Å². The highest BCUT2D eigenvalue weighted by atomic mass is 16.5. The van der Waals surface area contributed by atoms with Crippen LogP contribution in [-0.2, 0) is 24.4 Å². The molecule has 0 spiro atoms. The molecule has 0 atom stereocenters. The molecule has 1 fully saturated rings. The number of ether oxygens (including phenoxy) is 3. The number of para-hydroxylation sites is 1. The van der Waals surface area contributed by atoms with E-state index in [-0.39, 0.29) is 0 Å². The summed E-state index contributed by atoms with van der Waals surface area (Å²) >= 11 is 0. The monoisotopic (exact) mass is 412 g/mol.